The first kappa shape index (κ1) is 14.8. The lowest BCUT2D eigenvalue weighted by Crippen LogP contribution is -2.28. The average Bonchev–Trinajstić information content (AvgIpc) is 2.33. The molecule has 1 rings (SSSR count). The van der Waals surface area contributed by atoms with Gasteiger partial charge in [-0.05, 0) is 24.6 Å². The van der Waals surface area contributed by atoms with E-state index in [9.17, 15) is 18.0 Å². The summed E-state index contributed by atoms with van der Waals surface area (Å²) in [6, 6.07) is 3.40. The molecule has 0 radical (unpaired) electrons. The summed E-state index contributed by atoms with van der Waals surface area (Å²) in [7, 11) is 0. The lowest BCUT2D eigenvalue weighted by molar-refractivity contribution is -0.138. The zero-order valence-electron chi connectivity index (χ0n) is 9.95. The fourth-order valence-corrected chi connectivity index (χ4v) is 1.51. The Morgan fingerprint density at radius 1 is 1.53 bits per heavy atom. The summed E-state index contributed by atoms with van der Waals surface area (Å²) in [5.41, 5.74) is -1.42. The molecule has 0 aliphatic heterocycles. The van der Waals surface area contributed by atoms with E-state index in [1.165, 1.54) is 6.07 Å². The molecular weight excluding hydrogens is 261 g/mol. The molecule has 0 spiro atoms. The van der Waals surface area contributed by atoms with Crippen molar-refractivity contribution in [2.45, 2.75) is 25.6 Å². The summed E-state index contributed by atoms with van der Waals surface area (Å²) in [6.45, 7) is 1.63. The van der Waals surface area contributed by atoms with Crippen LogP contribution in [0.5, 0.6) is 0 Å². The van der Waals surface area contributed by atoms with Crippen molar-refractivity contribution in [3.8, 4) is 6.07 Å². The van der Waals surface area contributed by atoms with Crippen LogP contribution >= 0.6 is 0 Å². The van der Waals surface area contributed by atoms with Crippen molar-refractivity contribution in [1.29, 1.82) is 5.26 Å². The van der Waals surface area contributed by atoms with Crippen molar-refractivity contribution in [3.05, 3.63) is 29.3 Å². The third kappa shape index (κ3) is 3.61. The van der Waals surface area contributed by atoms with Crippen molar-refractivity contribution in [1.82, 2.24) is 0 Å². The van der Waals surface area contributed by atoms with E-state index in [4.69, 9.17) is 10.4 Å². The Hall–Kier alpha value is -2.23. The molecule has 4 nitrogen and oxygen atoms in total. The number of carboxylic acid groups (broad SMARTS) is 1. The van der Waals surface area contributed by atoms with E-state index in [2.05, 4.69) is 5.32 Å². The van der Waals surface area contributed by atoms with Gasteiger partial charge >= 0.3 is 12.1 Å². The van der Waals surface area contributed by atoms with Crippen LogP contribution in [0, 0.1) is 11.3 Å². The van der Waals surface area contributed by atoms with E-state index in [-0.39, 0.29) is 12.1 Å². The van der Waals surface area contributed by atoms with Gasteiger partial charge in [0.2, 0.25) is 0 Å². The molecule has 0 saturated heterocycles. The number of carboxylic acids is 1. The van der Waals surface area contributed by atoms with Gasteiger partial charge in [-0.2, -0.15) is 18.4 Å². The van der Waals surface area contributed by atoms with E-state index in [0.29, 0.717) is 0 Å². The van der Waals surface area contributed by atoms with Gasteiger partial charge in [0.1, 0.15) is 6.04 Å². The van der Waals surface area contributed by atoms with Gasteiger partial charge in [0.15, 0.2) is 0 Å². The molecule has 0 fully saturated rings. The molecule has 0 amide bonds. The highest BCUT2D eigenvalue weighted by atomic mass is 19.4. The monoisotopic (exact) mass is 272 g/mol. The maximum atomic E-state index is 12.6. The third-order valence-corrected chi connectivity index (χ3v) is 2.49. The first-order chi connectivity index (χ1) is 8.79. The number of alkyl halides is 3. The van der Waals surface area contributed by atoms with Gasteiger partial charge in [-0.25, -0.2) is 4.79 Å². The lowest BCUT2D eigenvalue weighted by Gasteiger charge is -2.15. The summed E-state index contributed by atoms with van der Waals surface area (Å²) in [4.78, 5) is 10.8. The van der Waals surface area contributed by atoms with Gasteiger partial charge in [0, 0.05) is 5.69 Å². The molecule has 1 atom stereocenters. The Morgan fingerprint density at radius 3 is 2.58 bits per heavy atom. The van der Waals surface area contributed by atoms with Gasteiger partial charge < -0.3 is 10.4 Å². The Morgan fingerprint density at radius 2 is 2.16 bits per heavy atom. The van der Waals surface area contributed by atoms with Gasteiger partial charge in [-0.1, -0.05) is 6.92 Å². The summed E-state index contributed by atoms with van der Waals surface area (Å²) < 4.78 is 37.7. The van der Waals surface area contributed by atoms with E-state index in [1.807, 2.05) is 0 Å². The van der Waals surface area contributed by atoms with Crippen LogP contribution < -0.4 is 5.32 Å². The molecule has 7 heteroatoms. The summed E-state index contributed by atoms with van der Waals surface area (Å²) in [6.07, 6.45) is -4.35. The molecule has 0 aliphatic carbocycles. The number of halogens is 3. The van der Waals surface area contributed by atoms with Crippen molar-refractivity contribution in [2.24, 2.45) is 0 Å². The molecule has 0 aromatic heterocycles. The molecule has 0 aliphatic rings. The van der Waals surface area contributed by atoms with Gasteiger partial charge in [0.05, 0.1) is 17.2 Å². The van der Waals surface area contributed by atoms with Crippen molar-refractivity contribution < 1.29 is 23.1 Å². The van der Waals surface area contributed by atoms with Crippen molar-refractivity contribution in [2.75, 3.05) is 5.32 Å². The highest BCUT2D eigenvalue weighted by molar-refractivity contribution is 5.77. The minimum atomic E-state index is -4.61. The van der Waals surface area contributed by atoms with E-state index < -0.39 is 29.3 Å². The molecular formula is C12H11F3N2O2. The predicted octanol–water partition coefficient (Wildman–Crippen LogP) is 2.85. The highest BCUT2D eigenvalue weighted by Gasteiger charge is 2.33. The van der Waals surface area contributed by atoms with Crippen LogP contribution in [0.4, 0.5) is 18.9 Å². The van der Waals surface area contributed by atoms with Crippen molar-refractivity contribution >= 4 is 11.7 Å². The fraction of sp³-hybridized carbons (Fsp3) is 0.333. The molecule has 0 bridgehead atoms. The number of anilines is 1. The molecule has 1 aromatic carbocycles. The first-order valence-electron chi connectivity index (χ1n) is 5.40. The largest absolute Gasteiger partial charge is 0.480 e. The van der Waals surface area contributed by atoms with Crippen molar-refractivity contribution in [3.63, 3.8) is 0 Å². The standard InChI is InChI=1S/C12H11F3N2O2/c1-2-10(11(18)19)17-8-3-4-9(12(13,14)15)7(5-8)6-16/h3-5,10,17H,2H2,1H3,(H,18,19). The number of rotatable bonds is 4. The van der Waals surface area contributed by atoms with Crippen LogP contribution in [0.2, 0.25) is 0 Å². The minimum Gasteiger partial charge on any atom is -0.480 e. The van der Waals surface area contributed by atoms with Crippen LogP contribution in [-0.4, -0.2) is 17.1 Å². The number of hydrogen-bond acceptors (Lipinski definition) is 3. The molecule has 1 unspecified atom stereocenters. The average molecular weight is 272 g/mol. The second-order valence-corrected chi connectivity index (χ2v) is 3.81. The van der Waals surface area contributed by atoms with Crippen LogP contribution in [0.1, 0.15) is 24.5 Å². The minimum absolute atomic E-state index is 0.166. The first-order valence-corrected chi connectivity index (χ1v) is 5.40. The molecule has 0 saturated carbocycles. The van der Waals surface area contributed by atoms with E-state index in [0.717, 1.165) is 18.2 Å². The van der Waals surface area contributed by atoms with Crippen LogP contribution in [0.3, 0.4) is 0 Å². The van der Waals surface area contributed by atoms with Crippen LogP contribution in [0.15, 0.2) is 18.2 Å². The lowest BCUT2D eigenvalue weighted by atomic mass is 10.1. The second kappa shape index (κ2) is 5.61. The highest BCUT2D eigenvalue weighted by Crippen LogP contribution is 2.33. The van der Waals surface area contributed by atoms with E-state index in [1.54, 1.807) is 6.92 Å². The van der Waals surface area contributed by atoms with Crippen LogP contribution in [0.25, 0.3) is 0 Å². The Labute approximate surface area is 107 Å². The third-order valence-electron chi connectivity index (χ3n) is 2.49. The Bertz CT molecular complexity index is 521. The van der Waals surface area contributed by atoms with Gasteiger partial charge in [-0.15, -0.1) is 0 Å². The molecule has 102 valence electrons. The zero-order chi connectivity index (χ0) is 14.6. The summed E-state index contributed by atoms with van der Waals surface area (Å²) in [5.74, 6) is -1.11. The van der Waals surface area contributed by atoms with Gasteiger partial charge in [0.25, 0.3) is 0 Å². The number of aliphatic carboxylic acids is 1. The molecule has 2 N–H and O–H groups in total. The number of nitriles is 1. The van der Waals surface area contributed by atoms with Gasteiger partial charge in [-0.3, -0.25) is 0 Å². The molecule has 19 heavy (non-hydrogen) atoms. The predicted molar refractivity (Wildman–Crippen MR) is 61.5 cm³/mol. The topological polar surface area (TPSA) is 73.1 Å². The quantitative estimate of drug-likeness (QED) is 0.883. The summed E-state index contributed by atoms with van der Waals surface area (Å²) in [5, 5.41) is 20.1. The SMILES string of the molecule is CCC(Nc1ccc(C(F)(F)F)c(C#N)c1)C(=O)O. The Kier molecular flexibility index (Phi) is 4.38. The maximum Gasteiger partial charge on any atom is 0.417 e. The normalized spacial score (nSPS) is 12.6. The number of benzene rings is 1. The fourth-order valence-electron chi connectivity index (χ4n) is 1.51. The Balaban J connectivity index is 3.08. The number of nitrogens with one attached hydrogen (secondary N) is 1. The second-order valence-electron chi connectivity index (χ2n) is 3.81. The number of nitrogens with zero attached hydrogens (tertiary/aromatic N) is 1. The van der Waals surface area contributed by atoms with E-state index >= 15 is 0 Å². The molecule has 0 heterocycles. The maximum absolute atomic E-state index is 12.6. The summed E-state index contributed by atoms with van der Waals surface area (Å²) >= 11 is 0. The number of carbonyl (C=O) groups is 1. The van der Waals surface area contributed by atoms with Crippen LogP contribution in [-0.2, 0) is 11.0 Å². The number of hydrogen-bond donors (Lipinski definition) is 2. The molecule has 1 aromatic rings. The zero-order valence-corrected chi connectivity index (χ0v) is 9.95. The smallest absolute Gasteiger partial charge is 0.417 e.